The summed E-state index contributed by atoms with van der Waals surface area (Å²) in [6, 6.07) is 19.2. The Hall–Kier alpha value is -3.31. The van der Waals surface area contributed by atoms with Crippen LogP contribution in [0.1, 0.15) is 33.2 Å². The number of nitrogens with one attached hydrogen (secondary N) is 2. The fourth-order valence-corrected chi connectivity index (χ4v) is 2.96. The molecule has 0 aromatic heterocycles. The summed E-state index contributed by atoms with van der Waals surface area (Å²) in [5, 5.41) is 5.97. The van der Waals surface area contributed by atoms with Crippen molar-refractivity contribution >= 4 is 34.8 Å². The molecule has 2 amide bonds. The largest absolute Gasteiger partial charge is 0.493 e. The van der Waals surface area contributed by atoms with Crippen molar-refractivity contribution in [1.82, 2.24) is 0 Å². The summed E-state index contributed by atoms with van der Waals surface area (Å²) in [6.07, 6.45) is 0. The molecular formula is C23H21ClN2O3. The number of anilines is 2. The maximum Gasteiger partial charge on any atom is 0.259 e. The lowest BCUT2D eigenvalue weighted by Crippen LogP contribution is -2.16. The molecule has 5 nitrogen and oxygen atoms in total. The highest BCUT2D eigenvalue weighted by Crippen LogP contribution is 2.26. The number of benzene rings is 3. The van der Waals surface area contributed by atoms with Gasteiger partial charge in [0.15, 0.2) is 0 Å². The Morgan fingerprint density at radius 2 is 1.59 bits per heavy atom. The maximum atomic E-state index is 12.7. The molecule has 0 aliphatic heterocycles. The lowest BCUT2D eigenvalue weighted by molar-refractivity contribution is 0.101. The molecule has 0 saturated carbocycles. The fraction of sp³-hybridized carbons (Fsp3) is 0.130. The molecule has 3 aromatic carbocycles. The van der Waals surface area contributed by atoms with E-state index >= 15 is 0 Å². The molecule has 3 rings (SSSR count). The van der Waals surface area contributed by atoms with Crippen molar-refractivity contribution in [2.24, 2.45) is 0 Å². The number of amides is 2. The highest BCUT2D eigenvalue weighted by Gasteiger charge is 2.16. The van der Waals surface area contributed by atoms with Crippen molar-refractivity contribution in [2.75, 3.05) is 17.2 Å². The molecule has 0 aliphatic rings. The van der Waals surface area contributed by atoms with Crippen LogP contribution in [-0.2, 0) is 0 Å². The van der Waals surface area contributed by atoms with E-state index in [1.807, 2.05) is 38.1 Å². The van der Waals surface area contributed by atoms with Crippen LogP contribution in [-0.4, -0.2) is 18.4 Å². The molecule has 0 heterocycles. The SMILES string of the molecule is CCOc1ccccc1C(=O)Nc1cc(C(=O)Nc2ccccc2C)ccc1Cl. The van der Waals surface area contributed by atoms with Crippen LogP contribution < -0.4 is 15.4 Å². The van der Waals surface area contributed by atoms with E-state index in [9.17, 15) is 9.59 Å². The van der Waals surface area contributed by atoms with Crippen molar-refractivity contribution < 1.29 is 14.3 Å². The van der Waals surface area contributed by atoms with E-state index in [1.165, 1.54) is 0 Å². The van der Waals surface area contributed by atoms with E-state index in [2.05, 4.69) is 10.6 Å². The summed E-state index contributed by atoms with van der Waals surface area (Å²) in [7, 11) is 0. The van der Waals surface area contributed by atoms with Gasteiger partial charge in [0.2, 0.25) is 0 Å². The van der Waals surface area contributed by atoms with E-state index < -0.39 is 0 Å². The molecule has 0 unspecified atom stereocenters. The van der Waals surface area contributed by atoms with Crippen LogP contribution in [0.4, 0.5) is 11.4 Å². The minimum atomic E-state index is -0.368. The van der Waals surface area contributed by atoms with Gasteiger partial charge in [-0.25, -0.2) is 0 Å². The van der Waals surface area contributed by atoms with Crippen molar-refractivity contribution in [3.63, 3.8) is 0 Å². The van der Waals surface area contributed by atoms with Crippen LogP contribution in [0.2, 0.25) is 5.02 Å². The number of aryl methyl sites for hydroxylation is 1. The van der Waals surface area contributed by atoms with Gasteiger partial charge in [-0.15, -0.1) is 0 Å². The van der Waals surface area contributed by atoms with Gasteiger partial charge >= 0.3 is 0 Å². The fourth-order valence-electron chi connectivity index (χ4n) is 2.80. The van der Waals surface area contributed by atoms with Crippen LogP contribution in [0.25, 0.3) is 0 Å². The summed E-state index contributed by atoms with van der Waals surface area (Å²) in [5.74, 6) is -0.175. The average molecular weight is 409 g/mol. The summed E-state index contributed by atoms with van der Waals surface area (Å²) >= 11 is 6.24. The zero-order valence-corrected chi connectivity index (χ0v) is 16.9. The Kier molecular flexibility index (Phi) is 6.52. The summed E-state index contributed by atoms with van der Waals surface area (Å²) in [4.78, 5) is 25.4. The highest BCUT2D eigenvalue weighted by atomic mass is 35.5. The Labute approximate surface area is 174 Å². The molecule has 3 aromatic rings. The molecule has 148 valence electrons. The molecule has 0 aliphatic carbocycles. The van der Waals surface area contributed by atoms with Crippen molar-refractivity contribution in [1.29, 1.82) is 0 Å². The normalized spacial score (nSPS) is 10.3. The van der Waals surface area contributed by atoms with E-state index in [4.69, 9.17) is 16.3 Å². The van der Waals surface area contributed by atoms with Gasteiger partial charge in [0.05, 0.1) is 22.9 Å². The molecule has 0 bridgehead atoms. The van der Waals surface area contributed by atoms with Gasteiger partial charge in [0.25, 0.3) is 11.8 Å². The third-order valence-corrected chi connectivity index (χ3v) is 4.63. The van der Waals surface area contributed by atoms with Crippen LogP contribution in [0.3, 0.4) is 0 Å². The second-order valence-corrected chi connectivity index (χ2v) is 6.75. The molecule has 0 radical (unpaired) electrons. The quantitative estimate of drug-likeness (QED) is 0.561. The summed E-state index contributed by atoms with van der Waals surface area (Å²) < 4.78 is 5.51. The Morgan fingerprint density at radius 3 is 2.34 bits per heavy atom. The molecule has 6 heteroatoms. The van der Waals surface area contributed by atoms with Crippen molar-refractivity contribution in [3.8, 4) is 5.75 Å². The number of para-hydroxylation sites is 2. The first-order valence-corrected chi connectivity index (χ1v) is 9.57. The van der Waals surface area contributed by atoms with Crippen molar-refractivity contribution in [2.45, 2.75) is 13.8 Å². The van der Waals surface area contributed by atoms with Crippen LogP contribution in [0.15, 0.2) is 66.7 Å². The van der Waals surface area contributed by atoms with Gasteiger partial charge in [-0.3, -0.25) is 9.59 Å². The van der Waals surface area contributed by atoms with E-state index in [1.54, 1.807) is 42.5 Å². The number of rotatable bonds is 6. The Bertz CT molecular complexity index is 1050. The molecule has 0 atom stereocenters. The van der Waals surface area contributed by atoms with Gasteiger partial charge in [-0.2, -0.15) is 0 Å². The van der Waals surface area contributed by atoms with Gasteiger partial charge in [0, 0.05) is 11.3 Å². The average Bonchev–Trinajstić information content (AvgIpc) is 2.72. The molecule has 0 saturated heterocycles. The lowest BCUT2D eigenvalue weighted by atomic mass is 10.1. The first-order valence-electron chi connectivity index (χ1n) is 9.19. The minimum absolute atomic E-state index is 0.291. The number of carbonyl (C=O) groups excluding carboxylic acids is 2. The van der Waals surface area contributed by atoms with Crippen LogP contribution >= 0.6 is 11.6 Å². The van der Waals surface area contributed by atoms with E-state index in [0.29, 0.717) is 34.2 Å². The number of hydrogen-bond donors (Lipinski definition) is 2. The molecule has 0 fully saturated rings. The van der Waals surface area contributed by atoms with Gasteiger partial charge in [-0.1, -0.05) is 41.9 Å². The number of carbonyl (C=O) groups is 2. The third kappa shape index (κ3) is 4.95. The van der Waals surface area contributed by atoms with E-state index in [-0.39, 0.29) is 11.8 Å². The maximum absolute atomic E-state index is 12.7. The summed E-state index contributed by atoms with van der Waals surface area (Å²) in [6.45, 7) is 4.21. The smallest absolute Gasteiger partial charge is 0.259 e. The zero-order valence-electron chi connectivity index (χ0n) is 16.2. The zero-order chi connectivity index (χ0) is 20.8. The predicted molar refractivity (Wildman–Crippen MR) is 116 cm³/mol. The molecule has 0 spiro atoms. The lowest BCUT2D eigenvalue weighted by Gasteiger charge is -2.13. The monoisotopic (exact) mass is 408 g/mol. The first kappa shape index (κ1) is 20.4. The van der Waals surface area contributed by atoms with Gasteiger partial charge < -0.3 is 15.4 Å². The second kappa shape index (κ2) is 9.26. The standard InChI is InChI=1S/C23H21ClN2O3/c1-3-29-21-11-7-5-9-17(21)23(28)26-20-14-16(12-13-18(20)24)22(27)25-19-10-6-4-8-15(19)2/h4-14H,3H2,1-2H3,(H,25,27)(H,26,28). The first-order chi connectivity index (χ1) is 14.0. The molecular weight excluding hydrogens is 388 g/mol. The molecule has 2 N–H and O–H groups in total. The third-order valence-electron chi connectivity index (χ3n) is 4.30. The predicted octanol–water partition coefficient (Wildman–Crippen LogP) is 5.55. The number of halogens is 1. The van der Waals surface area contributed by atoms with E-state index in [0.717, 1.165) is 11.3 Å². The summed E-state index contributed by atoms with van der Waals surface area (Å²) in [5.41, 5.74) is 2.80. The topological polar surface area (TPSA) is 67.4 Å². The van der Waals surface area contributed by atoms with Crippen LogP contribution in [0, 0.1) is 6.92 Å². The Balaban J connectivity index is 1.81. The minimum Gasteiger partial charge on any atom is -0.493 e. The highest BCUT2D eigenvalue weighted by molar-refractivity contribution is 6.34. The second-order valence-electron chi connectivity index (χ2n) is 6.35. The Morgan fingerprint density at radius 1 is 0.897 bits per heavy atom. The molecule has 29 heavy (non-hydrogen) atoms. The number of ether oxygens (including phenoxy) is 1. The van der Waals surface area contributed by atoms with Crippen LogP contribution in [0.5, 0.6) is 5.75 Å². The van der Waals surface area contributed by atoms with Gasteiger partial charge in [-0.05, 0) is 55.8 Å². The number of hydrogen-bond acceptors (Lipinski definition) is 3. The van der Waals surface area contributed by atoms with Gasteiger partial charge in [0.1, 0.15) is 5.75 Å². The van der Waals surface area contributed by atoms with Crippen molar-refractivity contribution in [3.05, 3.63) is 88.4 Å².